The molecule has 13 heavy (non-hydrogen) atoms. The summed E-state index contributed by atoms with van der Waals surface area (Å²) >= 11 is 5.73. The van der Waals surface area contributed by atoms with Crippen molar-refractivity contribution in [1.29, 1.82) is 0 Å². The van der Waals surface area contributed by atoms with Crippen LogP contribution < -0.4 is 0 Å². The minimum Gasteiger partial charge on any atom is -0.333 e. The summed E-state index contributed by atoms with van der Waals surface area (Å²) in [5.74, 6) is 1.29. The van der Waals surface area contributed by atoms with Crippen LogP contribution in [0.4, 0.5) is 0 Å². The van der Waals surface area contributed by atoms with Crippen LogP contribution in [0.3, 0.4) is 0 Å². The van der Waals surface area contributed by atoms with E-state index < -0.39 is 0 Å². The maximum atomic E-state index is 5.73. The van der Waals surface area contributed by atoms with E-state index in [1.165, 1.54) is 6.42 Å². The molecular weight excluding hydrogens is 207 g/mol. The second-order valence-electron chi connectivity index (χ2n) is 3.39. The topological polar surface area (TPSA) is 17.8 Å². The number of nitrogens with zero attached hydrogens (tertiary/aromatic N) is 2. The average Bonchev–Trinajstić information content (AvgIpc) is 2.47. The van der Waals surface area contributed by atoms with Crippen molar-refractivity contribution in [2.24, 2.45) is 5.92 Å². The Morgan fingerprint density at radius 3 is 2.77 bits per heavy atom. The fourth-order valence-electron chi connectivity index (χ4n) is 1.06. The summed E-state index contributed by atoms with van der Waals surface area (Å²) in [6, 6.07) is 0. The van der Waals surface area contributed by atoms with Gasteiger partial charge in [-0.3, -0.25) is 0 Å². The van der Waals surface area contributed by atoms with E-state index in [4.69, 9.17) is 11.6 Å². The molecule has 1 heterocycles. The van der Waals surface area contributed by atoms with Gasteiger partial charge in [-0.05, 0) is 12.3 Å². The van der Waals surface area contributed by atoms with Crippen LogP contribution in [0.1, 0.15) is 26.0 Å². The molecule has 0 saturated carbocycles. The van der Waals surface area contributed by atoms with Crippen molar-refractivity contribution in [3.63, 3.8) is 0 Å². The molecule has 0 radical (unpaired) electrons. The van der Waals surface area contributed by atoms with Crippen LogP contribution >= 0.6 is 24.0 Å². The Hall–Kier alpha value is -0.210. The lowest BCUT2D eigenvalue weighted by molar-refractivity contribution is 0.510. The first-order valence-electron chi connectivity index (χ1n) is 4.29. The van der Waals surface area contributed by atoms with E-state index in [9.17, 15) is 0 Å². The van der Waals surface area contributed by atoms with Crippen molar-refractivity contribution in [1.82, 2.24) is 9.55 Å². The summed E-state index contributed by atoms with van der Waals surface area (Å²) in [5, 5.41) is 0. The van der Waals surface area contributed by atoms with Crippen molar-refractivity contribution in [3.05, 3.63) is 18.2 Å². The number of hydrogen-bond donors (Lipinski definition) is 0. The molecule has 76 valence electrons. The van der Waals surface area contributed by atoms with E-state index in [2.05, 4.69) is 23.4 Å². The Bertz CT molecular complexity index is 233. The molecule has 0 unspecified atom stereocenters. The van der Waals surface area contributed by atoms with Gasteiger partial charge in [-0.1, -0.05) is 13.8 Å². The van der Waals surface area contributed by atoms with Crippen LogP contribution in [0.25, 0.3) is 0 Å². The van der Waals surface area contributed by atoms with Crippen molar-refractivity contribution in [2.75, 3.05) is 0 Å². The molecule has 1 aromatic heterocycles. The first kappa shape index (κ1) is 12.8. The van der Waals surface area contributed by atoms with Crippen LogP contribution in [0.5, 0.6) is 0 Å². The molecule has 4 heteroatoms. The van der Waals surface area contributed by atoms with Gasteiger partial charge in [-0.15, -0.1) is 24.0 Å². The predicted molar refractivity (Wildman–Crippen MR) is 58.5 cm³/mol. The van der Waals surface area contributed by atoms with Gasteiger partial charge >= 0.3 is 0 Å². The molecule has 0 aliphatic rings. The lowest BCUT2D eigenvalue weighted by Crippen LogP contribution is -2.02. The van der Waals surface area contributed by atoms with E-state index >= 15 is 0 Å². The Kier molecular flexibility index (Phi) is 6.17. The van der Waals surface area contributed by atoms with E-state index in [1.807, 2.05) is 12.5 Å². The van der Waals surface area contributed by atoms with Crippen LogP contribution in [-0.4, -0.2) is 9.55 Å². The molecule has 0 bridgehead atoms. The third-order valence-corrected chi connectivity index (χ3v) is 2.16. The molecule has 0 aromatic carbocycles. The van der Waals surface area contributed by atoms with Gasteiger partial charge in [0.2, 0.25) is 0 Å². The molecule has 2 nitrogen and oxygen atoms in total. The number of hydrogen-bond acceptors (Lipinski definition) is 1. The number of halogens is 2. The van der Waals surface area contributed by atoms with Gasteiger partial charge in [-0.25, -0.2) is 4.98 Å². The van der Waals surface area contributed by atoms with Crippen molar-refractivity contribution < 1.29 is 0 Å². The van der Waals surface area contributed by atoms with Crippen LogP contribution in [-0.2, 0) is 12.4 Å². The predicted octanol–water partition coefficient (Wildman–Crippen LogP) is 3.09. The van der Waals surface area contributed by atoms with Crippen molar-refractivity contribution in [2.45, 2.75) is 32.7 Å². The SMILES string of the molecule is CC(C)CCn1cncc1CCl.Cl. The van der Waals surface area contributed by atoms with Gasteiger partial charge in [-0.2, -0.15) is 0 Å². The third kappa shape index (κ3) is 4.01. The number of alkyl halides is 1. The van der Waals surface area contributed by atoms with Crippen molar-refractivity contribution >= 4 is 24.0 Å². The fourth-order valence-corrected chi connectivity index (χ4v) is 1.28. The maximum Gasteiger partial charge on any atom is 0.0948 e. The first-order valence-corrected chi connectivity index (χ1v) is 4.82. The van der Waals surface area contributed by atoms with Crippen LogP contribution in [0.15, 0.2) is 12.5 Å². The number of imidazole rings is 1. The second-order valence-corrected chi connectivity index (χ2v) is 3.66. The third-order valence-electron chi connectivity index (χ3n) is 1.88. The fraction of sp³-hybridized carbons (Fsp3) is 0.667. The van der Waals surface area contributed by atoms with Gasteiger partial charge < -0.3 is 4.57 Å². The molecule has 1 aromatic rings. The first-order chi connectivity index (χ1) is 5.74. The largest absolute Gasteiger partial charge is 0.333 e. The van der Waals surface area contributed by atoms with Gasteiger partial charge in [0.25, 0.3) is 0 Å². The smallest absolute Gasteiger partial charge is 0.0948 e. The lowest BCUT2D eigenvalue weighted by atomic mass is 10.1. The van der Waals surface area contributed by atoms with Gasteiger partial charge in [0.1, 0.15) is 0 Å². The number of aryl methyl sites for hydroxylation is 1. The maximum absolute atomic E-state index is 5.73. The van der Waals surface area contributed by atoms with Gasteiger partial charge in [0, 0.05) is 12.7 Å². The standard InChI is InChI=1S/C9H15ClN2.ClH/c1-8(2)3-4-12-7-11-6-9(12)5-10;/h6-8H,3-5H2,1-2H3;1H. The molecule has 0 saturated heterocycles. The Morgan fingerprint density at radius 2 is 2.23 bits per heavy atom. The van der Waals surface area contributed by atoms with Crippen LogP contribution in [0.2, 0.25) is 0 Å². The van der Waals surface area contributed by atoms with Crippen molar-refractivity contribution in [3.8, 4) is 0 Å². The molecule has 0 amide bonds. The summed E-state index contributed by atoms with van der Waals surface area (Å²) in [5.41, 5.74) is 1.11. The second kappa shape index (κ2) is 6.28. The number of rotatable bonds is 4. The minimum absolute atomic E-state index is 0. The zero-order valence-electron chi connectivity index (χ0n) is 8.03. The molecule has 0 N–H and O–H groups in total. The summed E-state index contributed by atoms with van der Waals surface area (Å²) in [6.07, 6.45) is 4.85. The van der Waals surface area contributed by atoms with E-state index in [-0.39, 0.29) is 12.4 Å². The molecule has 0 fully saturated rings. The highest BCUT2D eigenvalue weighted by Crippen LogP contribution is 2.07. The summed E-state index contributed by atoms with van der Waals surface area (Å²) in [6.45, 7) is 5.47. The molecule has 0 aliphatic carbocycles. The molecule has 1 rings (SSSR count). The quantitative estimate of drug-likeness (QED) is 0.717. The zero-order chi connectivity index (χ0) is 8.97. The molecule has 0 spiro atoms. The normalized spacial score (nSPS) is 10.2. The van der Waals surface area contributed by atoms with E-state index in [1.54, 1.807) is 0 Å². The van der Waals surface area contributed by atoms with E-state index in [0.29, 0.717) is 5.88 Å². The average molecular weight is 223 g/mol. The lowest BCUT2D eigenvalue weighted by Gasteiger charge is -2.07. The van der Waals surface area contributed by atoms with E-state index in [0.717, 1.165) is 18.2 Å². The highest BCUT2D eigenvalue weighted by Gasteiger charge is 2.00. The minimum atomic E-state index is 0. The van der Waals surface area contributed by atoms with Gasteiger partial charge in [0.15, 0.2) is 0 Å². The molecule has 0 aliphatic heterocycles. The summed E-state index contributed by atoms with van der Waals surface area (Å²) in [4.78, 5) is 4.05. The Balaban J connectivity index is 0.00000144. The number of aromatic nitrogens is 2. The van der Waals surface area contributed by atoms with Gasteiger partial charge in [0.05, 0.1) is 17.9 Å². The molecule has 0 atom stereocenters. The zero-order valence-corrected chi connectivity index (χ0v) is 9.61. The summed E-state index contributed by atoms with van der Waals surface area (Å²) < 4.78 is 2.12. The summed E-state index contributed by atoms with van der Waals surface area (Å²) in [7, 11) is 0. The Labute approximate surface area is 90.7 Å². The van der Waals surface area contributed by atoms with Crippen LogP contribution in [0, 0.1) is 5.92 Å². The Morgan fingerprint density at radius 1 is 1.54 bits per heavy atom. The molecular formula is C9H16Cl2N2. The highest BCUT2D eigenvalue weighted by atomic mass is 35.5. The highest BCUT2D eigenvalue weighted by molar-refractivity contribution is 6.16. The monoisotopic (exact) mass is 222 g/mol.